The fraction of sp³-hybridized carbons (Fsp3) is 0.526. The summed E-state index contributed by atoms with van der Waals surface area (Å²) in [6, 6.07) is 5.58. The normalized spacial score (nSPS) is 18.7. The zero-order valence-corrected chi connectivity index (χ0v) is 14.9. The molecule has 1 saturated carbocycles. The van der Waals surface area contributed by atoms with Crippen LogP contribution in [0, 0.1) is 13.8 Å². The van der Waals surface area contributed by atoms with Gasteiger partial charge in [-0.3, -0.25) is 14.5 Å². The van der Waals surface area contributed by atoms with Crippen molar-refractivity contribution in [3.63, 3.8) is 0 Å². The van der Waals surface area contributed by atoms with Crippen molar-refractivity contribution in [2.45, 2.75) is 57.9 Å². The topological polar surface area (TPSA) is 78.5 Å². The molecule has 1 aromatic carbocycles. The highest BCUT2D eigenvalue weighted by Crippen LogP contribution is 2.35. The summed E-state index contributed by atoms with van der Waals surface area (Å²) in [4.78, 5) is 38.0. The molecule has 134 valence electrons. The smallest absolute Gasteiger partial charge is 0.325 e. The number of urea groups is 1. The van der Waals surface area contributed by atoms with Gasteiger partial charge in [0.25, 0.3) is 5.91 Å². The number of rotatable bonds is 5. The molecule has 1 spiro atoms. The number of anilines is 1. The van der Waals surface area contributed by atoms with Crippen molar-refractivity contribution in [3.8, 4) is 0 Å². The van der Waals surface area contributed by atoms with Crippen LogP contribution in [0.4, 0.5) is 10.5 Å². The number of benzene rings is 1. The predicted octanol–water partition coefficient (Wildman–Crippen LogP) is 2.89. The van der Waals surface area contributed by atoms with E-state index >= 15 is 0 Å². The van der Waals surface area contributed by atoms with Crippen LogP contribution in [-0.4, -0.2) is 34.8 Å². The van der Waals surface area contributed by atoms with Gasteiger partial charge in [-0.2, -0.15) is 0 Å². The third-order valence-electron chi connectivity index (χ3n) is 4.99. The summed E-state index contributed by atoms with van der Waals surface area (Å²) in [6.45, 7) is 4.25. The standard InChI is InChI=1S/C19H25N3O3/c1-13-10-14(2)12-15(11-13)20-16(23)6-5-9-22-17(24)19(21-18(22)25)7-3-4-8-19/h10-12H,3-9H2,1-2H3,(H,20,23)(H,21,25). The van der Waals surface area contributed by atoms with Crippen LogP contribution in [0.5, 0.6) is 0 Å². The third kappa shape index (κ3) is 3.67. The van der Waals surface area contributed by atoms with E-state index in [-0.39, 0.29) is 30.8 Å². The molecule has 2 aliphatic rings. The number of amides is 4. The van der Waals surface area contributed by atoms with Gasteiger partial charge >= 0.3 is 6.03 Å². The van der Waals surface area contributed by atoms with Crippen LogP contribution >= 0.6 is 0 Å². The fourth-order valence-corrected chi connectivity index (χ4v) is 3.86. The van der Waals surface area contributed by atoms with Crippen LogP contribution in [0.15, 0.2) is 18.2 Å². The highest BCUT2D eigenvalue weighted by atomic mass is 16.2. The Morgan fingerprint density at radius 1 is 1.16 bits per heavy atom. The molecular formula is C19H25N3O3. The van der Waals surface area contributed by atoms with Gasteiger partial charge < -0.3 is 10.6 Å². The van der Waals surface area contributed by atoms with Crippen molar-refractivity contribution in [1.82, 2.24) is 10.2 Å². The molecule has 1 heterocycles. The predicted molar refractivity (Wildman–Crippen MR) is 95.2 cm³/mol. The highest BCUT2D eigenvalue weighted by molar-refractivity contribution is 6.07. The first kappa shape index (κ1) is 17.5. The number of carbonyl (C=O) groups is 3. The Morgan fingerprint density at radius 3 is 2.44 bits per heavy atom. The summed E-state index contributed by atoms with van der Waals surface area (Å²) in [5.41, 5.74) is 2.30. The second-order valence-electron chi connectivity index (χ2n) is 7.20. The number of hydrogen-bond donors (Lipinski definition) is 2. The van der Waals surface area contributed by atoms with Crippen LogP contribution < -0.4 is 10.6 Å². The lowest BCUT2D eigenvalue weighted by atomic mass is 9.98. The van der Waals surface area contributed by atoms with Crippen molar-refractivity contribution >= 4 is 23.5 Å². The van der Waals surface area contributed by atoms with Gasteiger partial charge in [-0.05, 0) is 56.4 Å². The SMILES string of the molecule is Cc1cc(C)cc(NC(=O)CCCN2C(=O)NC3(CCCC3)C2=O)c1. The molecule has 2 N–H and O–H groups in total. The van der Waals surface area contributed by atoms with E-state index < -0.39 is 5.54 Å². The van der Waals surface area contributed by atoms with Gasteiger partial charge in [0.1, 0.15) is 5.54 Å². The van der Waals surface area contributed by atoms with E-state index in [2.05, 4.69) is 10.6 Å². The van der Waals surface area contributed by atoms with Crippen molar-refractivity contribution in [1.29, 1.82) is 0 Å². The minimum atomic E-state index is -0.668. The molecule has 1 aromatic rings. The Bertz CT molecular complexity index is 688. The first-order valence-corrected chi connectivity index (χ1v) is 8.92. The Hall–Kier alpha value is -2.37. The Kier molecular flexibility index (Phi) is 4.79. The van der Waals surface area contributed by atoms with Crippen LogP contribution in [0.3, 0.4) is 0 Å². The lowest BCUT2D eigenvalue weighted by molar-refractivity contribution is -0.131. The number of nitrogens with zero attached hydrogens (tertiary/aromatic N) is 1. The number of imide groups is 1. The Morgan fingerprint density at radius 2 is 1.80 bits per heavy atom. The Labute approximate surface area is 148 Å². The van der Waals surface area contributed by atoms with E-state index in [1.807, 2.05) is 32.0 Å². The highest BCUT2D eigenvalue weighted by Gasteiger charge is 2.51. The van der Waals surface area contributed by atoms with Crippen LogP contribution in [0.25, 0.3) is 0 Å². The van der Waals surface area contributed by atoms with Crippen molar-refractivity contribution in [3.05, 3.63) is 29.3 Å². The van der Waals surface area contributed by atoms with Gasteiger partial charge in [0.15, 0.2) is 0 Å². The molecule has 3 rings (SSSR count). The summed E-state index contributed by atoms with van der Waals surface area (Å²) in [5.74, 6) is -0.225. The van der Waals surface area contributed by atoms with E-state index in [0.29, 0.717) is 6.42 Å². The van der Waals surface area contributed by atoms with E-state index in [1.165, 1.54) is 4.90 Å². The number of carbonyl (C=O) groups excluding carboxylic acids is 3. The third-order valence-corrected chi connectivity index (χ3v) is 4.99. The zero-order chi connectivity index (χ0) is 18.0. The lowest BCUT2D eigenvalue weighted by Crippen LogP contribution is -2.44. The monoisotopic (exact) mass is 343 g/mol. The summed E-state index contributed by atoms with van der Waals surface area (Å²) < 4.78 is 0. The first-order chi connectivity index (χ1) is 11.9. The van der Waals surface area contributed by atoms with Gasteiger partial charge in [0.05, 0.1) is 0 Å². The molecule has 0 aromatic heterocycles. The van der Waals surface area contributed by atoms with E-state index in [4.69, 9.17) is 0 Å². The molecule has 4 amide bonds. The molecule has 1 aliphatic heterocycles. The fourth-order valence-electron chi connectivity index (χ4n) is 3.86. The number of aryl methyl sites for hydroxylation is 2. The van der Waals surface area contributed by atoms with Crippen LogP contribution in [0.2, 0.25) is 0 Å². The molecule has 25 heavy (non-hydrogen) atoms. The molecule has 6 heteroatoms. The summed E-state index contributed by atoms with van der Waals surface area (Å²) in [6.07, 6.45) is 4.13. The maximum atomic E-state index is 12.5. The molecular weight excluding hydrogens is 318 g/mol. The van der Waals surface area contributed by atoms with Gasteiger partial charge in [-0.1, -0.05) is 18.9 Å². The summed E-state index contributed by atoms with van der Waals surface area (Å²) in [5, 5.41) is 5.73. The maximum absolute atomic E-state index is 12.5. The maximum Gasteiger partial charge on any atom is 0.325 e. The minimum Gasteiger partial charge on any atom is -0.326 e. The van der Waals surface area contributed by atoms with Gasteiger partial charge in [0, 0.05) is 18.7 Å². The van der Waals surface area contributed by atoms with Crippen LogP contribution in [-0.2, 0) is 9.59 Å². The second kappa shape index (κ2) is 6.86. The lowest BCUT2D eigenvalue weighted by Gasteiger charge is -2.19. The minimum absolute atomic E-state index is 0.104. The molecule has 0 radical (unpaired) electrons. The average molecular weight is 343 g/mol. The molecule has 0 unspecified atom stereocenters. The van der Waals surface area contributed by atoms with E-state index in [1.54, 1.807) is 0 Å². The van der Waals surface area contributed by atoms with E-state index in [0.717, 1.165) is 42.5 Å². The summed E-state index contributed by atoms with van der Waals surface area (Å²) >= 11 is 0. The van der Waals surface area contributed by atoms with Crippen molar-refractivity contribution in [2.24, 2.45) is 0 Å². The van der Waals surface area contributed by atoms with E-state index in [9.17, 15) is 14.4 Å². The first-order valence-electron chi connectivity index (χ1n) is 8.92. The molecule has 1 saturated heterocycles. The van der Waals surface area contributed by atoms with Crippen molar-refractivity contribution < 1.29 is 14.4 Å². The molecule has 0 bridgehead atoms. The molecule has 2 fully saturated rings. The van der Waals surface area contributed by atoms with Crippen LogP contribution in [0.1, 0.15) is 49.7 Å². The quantitative estimate of drug-likeness (QED) is 0.807. The number of hydrogen-bond acceptors (Lipinski definition) is 3. The Balaban J connectivity index is 1.50. The van der Waals surface area contributed by atoms with Gasteiger partial charge in [0.2, 0.25) is 5.91 Å². The second-order valence-corrected chi connectivity index (χ2v) is 7.20. The number of nitrogens with one attached hydrogen (secondary N) is 2. The molecule has 1 aliphatic carbocycles. The average Bonchev–Trinajstić information content (AvgIpc) is 3.07. The van der Waals surface area contributed by atoms with Gasteiger partial charge in [-0.15, -0.1) is 0 Å². The largest absolute Gasteiger partial charge is 0.326 e. The van der Waals surface area contributed by atoms with Crippen molar-refractivity contribution in [2.75, 3.05) is 11.9 Å². The van der Waals surface area contributed by atoms with Gasteiger partial charge in [-0.25, -0.2) is 4.79 Å². The molecule has 0 atom stereocenters. The molecule has 6 nitrogen and oxygen atoms in total. The summed E-state index contributed by atoms with van der Waals surface area (Å²) in [7, 11) is 0. The zero-order valence-electron chi connectivity index (χ0n) is 14.9.